The first-order chi connectivity index (χ1) is 16.2. The van der Waals surface area contributed by atoms with Gasteiger partial charge in [0.25, 0.3) is 5.56 Å². The Labute approximate surface area is 200 Å². The van der Waals surface area contributed by atoms with Gasteiger partial charge in [-0.05, 0) is 67.1 Å². The van der Waals surface area contributed by atoms with Gasteiger partial charge in [0.2, 0.25) is 5.91 Å². The van der Waals surface area contributed by atoms with Gasteiger partial charge in [-0.2, -0.15) is 0 Å². The molecule has 0 aliphatic carbocycles. The molecule has 1 N–H and O–H groups in total. The van der Waals surface area contributed by atoms with Gasteiger partial charge in [0.1, 0.15) is 4.83 Å². The maximum absolute atomic E-state index is 13.1. The van der Waals surface area contributed by atoms with Crippen molar-refractivity contribution in [3.63, 3.8) is 0 Å². The molecule has 2 aromatic heterocycles. The minimum atomic E-state index is -0.133. The van der Waals surface area contributed by atoms with Gasteiger partial charge in [-0.1, -0.05) is 30.0 Å². The van der Waals surface area contributed by atoms with Crippen LogP contribution >= 0.6 is 23.1 Å². The molecule has 1 amide bonds. The summed E-state index contributed by atoms with van der Waals surface area (Å²) < 4.78 is 1.58. The third-order valence-corrected chi connectivity index (χ3v) is 7.43. The third kappa shape index (κ3) is 4.82. The van der Waals surface area contributed by atoms with E-state index in [0.717, 1.165) is 24.5 Å². The minimum absolute atomic E-state index is 0.122. The van der Waals surface area contributed by atoms with Crippen LogP contribution in [0.15, 0.2) is 76.0 Å². The number of rotatable bonds is 6. The average molecular weight is 477 g/mol. The van der Waals surface area contributed by atoms with Crippen LogP contribution in [0.1, 0.15) is 19.3 Å². The summed E-state index contributed by atoms with van der Waals surface area (Å²) in [6.45, 7) is 2.18. The van der Waals surface area contributed by atoms with Crippen LogP contribution in [0, 0.1) is 0 Å². The fourth-order valence-electron chi connectivity index (χ4n) is 4.03. The molecule has 5 rings (SSSR count). The molecule has 1 saturated heterocycles. The fourth-order valence-corrected chi connectivity index (χ4v) is 5.65. The number of carbonyl (C=O) groups is 1. The molecule has 0 bridgehead atoms. The number of amides is 1. The Morgan fingerprint density at radius 3 is 2.48 bits per heavy atom. The molecule has 0 atom stereocenters. The van der Waals surface area contributed by atoms with Gasteiger partial charge in [0.05, 0.1) is 16.8 Å². The predicted octanol–water partition coefficient (Wildman–Crippen LogP) is 5.17. The van der Waals surface area contributed by atoms with Crippen molar-refractivity contribution in [2.45, 2.75) is 24.4 Å². The number of aromatic nitrogens is 2. The molecular formula is C25H24N4O2S2. The van der Waals surface area contributed by atoms with E-state index in [2.05, 4.69) is 27.3 Å². The number of hydrogen-bond acceptors (Lipinski definition) is 6. The van der Waals surface area contributed by atoms with Crippen LogP contribution in [0.2, 0.25) is 0 Å². The van der Waals surface area contributed by atoms with Crippen molar-refractivity contribution in [2.24, 2.45) is 0 Å². The molecule has 6 nitrogen and oxygen atoms in total. The number of nitrogens with zero attached hydrogens (tertiary/aromatic N) is 3. The van der Waals surface area contributed by atoms with E-state index in [1.54, 1.807) is 10.6 Å². The Kier molecular flexibility index (Phi) is 6.46. The van der Waals surface area contributed by atoms with Gasteiger partial charge in [0.15, 0.2) is 5.16 Å². The van der Waals surface area contributed by atoms with Crippen LogP contribution in [0.4, 0.5) is 11.4 Å². The van der Waals surface area contributed by atoms with Crippen LogP contribution in [0.3, 0.4) is 0 Å². The zero-order valence-electron chi connectivity index (χ0n) is 18.1. The fraction of sp³-hybridized carbons (Fsp3) is 0.240. The zero-order valence-corrected chi connectivity index (χ0v) is 19.7. The van der Waals surface area contributed by atoms with Gasteiger partial charge < -0.3 is 10.2 Å². The number of benzene rings is 2. The van der Waals surface area contributed by atoms with E-state index in [-0.39, 0.29) is 17.2 Å². The summed E-state index contributed by atoms with van der Waals surface area (Å²) in [5.41, 5.74) is 2.58. The summed E-state index contributed by atoms with van der Waals surface area (Å²) in [5, 5.41) is 5.92. The van der Waals surface area contributed by atoms with Crippen molar-refractivity contribution >= 4 is 50.6 Å². The molecule has 33 heavy (non-hydrogen) atoms. The van der Waals surface area contributed by atoms with Crippen LogP contribution < -0.4 is 15.8 Å². The first kappa shape index (κ1) is 21.7. The summed E-state index contributed by atoms with van der Waals surface area (Å²) in [6, 6.07) is 19.2. The highest BCUT2D eigenvalue weighted by Gasteiger charge is 2.16. The van der Waals surface area contributed by atoms with E-state index in [1.165, 1.54) is 48.0 Å². The second kappa shape index (κ2) is 9.80. The predicted molar refractivity (Wildman–Crippen MR) is 137 cm³/mol. The molecule has 0 unspecified atom stereocenters. The molecular weight excluding hydrogens is 452 g/mol. The first-order valence-corrected chi connectivity index (χ1v) is 12.9. The molecule has 0 radical (unpaired) electrons. The summed E-state index contributed by atoms with van der Waals surface area (Å²) in [5.74, 6) is 0.0233. The van der Waals surface area contributed by atoms with Crippen molar-refractivity contribution in [3.8, 4) is 5.69 Å². The molecule has 4 aromatic rings. The SMILES string of the molecule is O=C(CSc1nc2sccc2c(=O)n1-c1ccccc1)Nc1ccc(N2CCCCC2)cc1. The lowest BCUT2D eigenvalue weighted by Gasteiger charge is -2.28. The number of thiophene rings is 1. The normalized spacial score (nSPS) is 13.9. The topological polar surface area (TPSA) is 67.2 Å². The lowest BCUT2D eigenvalue weighted by atomic mass is 10.1. The summed E-state index contributed by atoms with van der Waals surface area (Å²) in [4.78, 5) is 33.5. The van der Waals surface area contributed by atoms with Gasteiger partial charge in [-0.25, -0.2) is 4.98 Å². The van der Waals surface area contributed by atoms with Crippen molar-refractivity contribution in [1.82, 2.24) is 9.55 Å². The van der Waals surface area contributed by atoms with Crippen LogP contribution in [0.5, 0.6) is 0 Å². The number of nitrogens with one attached hydrogen (secondary N) is 1. The molecule has 2 aromatic carbocycles. The lowest BCUT2D eigenvalue weighted by molar-refractivity contribution is -0.113. The second-order valence-electron chi connectivity index (χ2n) is 7.94. The van der Waals surface area contributed by atoms with Crippen LogP contribution in [-0.4, -0.2) is 34.3 Å². The number of carbonyl (C=O) groups excluding carboxylic acids is 1. The van der Waals surface area contributed by atoms with Crippen molar-refractivity contribution in [1.29, 1.82) is 0 Å². The molecule has 8 heteroatoms. The number of para-hydroxylation sites is 1. The molecule has 1 aliphatic rings. The van der Waals surface area contributed by atoms with Gasteiger partial charge in [-0.15, -0.1) is 11.3 Å². The molecule has 1 aliphatic heterocycles. The Morgan fingerprint density at radius 1 is 0.970 bits per heavy atom. The van der Waals surface area contributed by atoms with E-state index in [4.69, 9.17) is 0 Å². The Bertz CT molecular complexity index is 1310. The maximum atomic E-state index is 13.1. The number of hydrogen-bond donors (Lipinski definition) is 1. The Hall–Kier alpha value is -3.10. The number of anilines is 2. The van der Waals surface area contributed by atoms with Crippen molar-refractivity contribution in [2.75, 3.05) is 29.1 Å². The number of piperidine rings is 1. The van der Waals surface area contributed by atoms with Crippen LogP contribution in [-0.2, 0) is 4.79 Å². The second-order valence-corrected chi connectivity index (χ2v) is 9.78. The quantitative estimate of drug-likeness (QED) is 0.307. The number of fused-ring (bicyclic) bond motifs is 1. The van der Waals surface area contributed by atoms with Crippen LogP contribution in [0.25, 0.3) is 15.9 Å². The minimum Gasteiger partial charge on any atom is -0.372 e. The summed E-state index contributed by atoms with van der Waals surface area (Å²) in [7, 11) is 0. The summed E-state index contributed by atoms with van der Waals surface area (Å²) in [6.07, 6.45) is 3.76. The van der Waals surface area contributed by atoms with Gasteiger partial charge in [0, 0.05) is 24.5 Å². The highest BCUT2D eigenvalue weighted by Crippen LogP contribution is 2.25. The van der Waals surface area contributed by atoms with E-state index in [9.17, 15) is 9.59 Å². The molecule has 0 spiro atoms. The summed E-state index contributed by atoms with van der Waals surface area (Å²) >= 11 is 2.69. The van der Waals surface area contributed by atoms with E-state index < -0.39 is 0 Å². The lowest BCUT2D eigenvalue weighted by Crippen LogP contribution is -2.29. The first-order valence-electron chi connectivity index (χ1n) is 11.0. The Morgan fingerprint density at radius 2 is 1.73 bits per heavy atom. The molecule has 0 saturated carbocycles. The van der Waals surface area contributed by atoms with E-state index >= 15 is 0 Å². The van der Waals surface area contributed by atoms with E-state index in [1.807, 2.05) is 47.8 Å². The highest BCUT2D eigenvalue weighted by molar-refractivity contribution is 7.99. The van der Waals surface area contributed by atoms with Gasteiger partial charge >= 0.3 is 0 Å². The molecule has 3 heterocycles. The maximum Gasteiger partial charge on any atom is 0.267 e. The third-order valence-electron chi connectivity index (χ3n) is 5.69. The average Bonchev–Trinajstić information content (AvgIpc) is 3.33. The van der Waals surface area contributed by atoms with E-state index in [0.29, 0.717) is 15.4 Å². The molecule has 1 fully saturated rings. The zero-order chi connectivity index (χ0) is 22.6. The Balaban J connectivity index is 1.30. The van der Waals surface area contributed by atoms with Crippen molar-refractivity contribution < 1.29 is 4.79 Å². The smallest absolute Gasteiger partial charge is 0.267 e. The highest BCUT2D eigenvalue weighted by atomic mass is 32.2. The standard InChI is InChI=1S/C25H24N4O2S2/c30-22(26-18-9-11-19(12-10-18)28-14-5-2-6-15-28)17-33-25-27-23-21(13-16-32-23)24(31)29(25)20-7-3-1-4-8-20/h1,3-4,7-13,16H,2,5-6,14-15,17H2,(H,26,30). The van der Waals surface area contributed by atoms with Gasteiger partial charge in [-0.3, -0.25) is 14.2 Å². The molecule has 168 valence electrons. The van der Waals surface area contributed by atoms with Crippen molar-refractivity contribution in [3.05, 3.63) is 76.4 Å². The largest absolute Gasteiger partial charge is 0.372 e. The monoisotopic (exact) mass is 476 g/mol. The number of thioether (sulfide) groups is 1.